The van der Waals surface area contributed by atoms with E-state index in [-0.39, 0.29) is 0 Å². The van der Waals surface area contributed by atoms with Crippen LogP contribution in [0.1, 0.15) is 0 Å². The van der Waals surface area contributed by atoms with E-state index in [1.54, 1.807) is 49.1 Å². The Morgan fingerprint density at radius 1 is 0.293 bits per heavy atom. The zero-order valence-corrected chi connectivity index (χ0v) is 45.2. The maximum atomic E-state index is 9.02. The van der Waals surface area contributed by atoms with Gasteiger partial charge in [-0.3, -0.25) is 19.9 Å². The highest BCUT2D eigenvalue weighted by atomic mass is 79.9. The highest BCUT2D eigenvalue weighted by molar-refractivity contribution is 9.10. The quantitative estimate of drug-likeness (QED) is 0.124. The van der Waals surface area contributed by atoms with Crippen molar-refractivity contribution >= 4 is 50.7 Å². The predicted octanol–water partition coefficient (Wildman–Crippen LogP) is 15.2. The summed E-state index contributed by atoms with van der Waals surface area (Å²) >= 11 is 3.49. The van der Waals surface area contributed by atoms with Gasteiger partial charge in [-0.15, -0.1) is 0 Å². The summed E-state index contributed by atoms with van der Waals surface area (Å²) in [5.74, 6) is 1.15. The Morgan fingerprint density at radius 2 is 0.598 bits per heavy atom. The summed E-state index contributed by atoms with van der Waals surface area (Å²) in [7, 11) is -1.46. The number of para-hydroxylation sites is 4. The Labute approximate surface area is 480 Å². The lowest BCUT2D eigenvalue weighted by molar-refractivity contribution is 0.426. The number of aromatic nitrogens is 8. The molecule has 12 nitrogen and oxygen atoms in total. The molecule has 8 heterocycles. The summed E-state index contributed by atoms with van der Waals surface area (Å²) in [5.41, 5.74) is 18.6. The maximum absolute atomic E-state index is 9.02. The highest BCUT2D eigenvalue weighted by Gasteiger charge is 2.15. The van der Waals surface area contributed by atoms with E-state index in [0.717, 1.165) is 117 Å². The van der Waals surface area contributed by atoms with Crippen LogP contribution < -0.4 is 5.46 Å². The molecular weight excluding hydrogens is 1080 g/mol. The van der Waals surface area contributed by atoms with E-state index in [1.165, 1.54) is 0 Å². The third kappa shape index (κ3) is 12.2. The molecule has 0 radical (unpaired) electrons. The Balaban J connectivity index is 0.000000132. The van der Waals surface area contributed by atoms with Crippen LogP contribution in [0.25, 0.3) is 124 Å². The summed E-state index contributed by atoms with van der Waals surface area (Å²) in [4.78, 5) is 36.6. The average Bonchev–Trinajstić information content (AvgIpc) is 4.34. The van der Waals surface area contributed by atoms with E-state index < -0.39 is 7.12 Å². The first-order valence-corrected chi connectivity index (χ1v) is 27.0. The van der Waals surface area contributed by atoms with E-state index in [9.17, 15) is 0 Å². The number of nitrogens with zero attached hydrogens (tertiary/aromatic N) is 8. The third-order valence-corrected chi connectivity index (χ3v) is 13.8. The molecule has 0 fully saturated rings. The molecule has 14 heteroatoms. The van der Waals surface area contributed by atoms with Crippen molar-refractivity contribution in [2.75, 3.05) is 0 Å². The average molecular weight is 1130 g/mol. The number of rotatable bonds is 10. The number of hydrogen-bond acceptors (Lipinski definition) is 12. The van der Waals surface area contributed by atoms with Crippen molar-refractivity contribution in [3.8, 4) is 102 Å². The zero-order chi connectivity index (χ0) is 55.6. The van der Waals surface area contributed by atoms with Crippen molar-refractivity contribution in [1.82, 2.24) is 39.9 Å². The lowest BCUT2D eigenvalue weighted by atomic mass is 9.80. The Morgan fingerprint density at radius 3 is 0.927 bits per heavy atom. The van der Waals surface area contributed by atoms with Crippen LogP contribution in [0.2, 0.25) is 0 Å². The number of hydrogen-bond donors (Lipinski definition) is 2. The van der Waals surface area contributed by atoms with E-state index in [2.05, 4.69) is 131 Å². The minimum atomic E-state index is -1.46. The molecule has 0 amide bonds. The van der Waals surface area contributed by atoms with Crippen LogP contribution in [0.4, 0.5) is 0 Å². The minimum Gasteiger partial charge on any atom is -0.436 e. The van der Waals surface area contributed by atoms with Crippen LogP contribution in [0, 0.1) is 0 Å². The standard InChI is InChI=1S/C34H22N4O.C21H14BrN3.C13H10BNO3/c1-2-10-33-30(9-1)38-34(39-33)26-17-15-24(16-18-26)23-11-13-25(14-12-23)27-21-31(28-7-3-5-19-35-28)37-32(22-27)29-8-4-6-20-36-29;22-17-9-7-15(8-10-17)16-13-20(18-5-1-3-11-23-18)25-21(14-16)19-6-2-4-12-24-19;16-14(17)10-7-5-9(6-8-10)13-15-11-3-1-2-4-12(11)18-13/h1-22H;1-14H;1-8,16-17H. The molecule has 0 atom stereocenters. The van der Waals surface area contributed by atoms with Crippen molar-refractivity contribution in [3.05, 3.63) is 272 Å². The second-order valence-electron chi connectivity index (χ2n) is 18.7. The molecule has 392 valence electrons. The number of benzene rings is 6. The van der Waals surface area contributed by atoms with E-state index >= 15 is 0 Å². The van der Waals surface area contributed by atoms with Gasteiger partial charge in [-0.2, -0.15) is 0 Å². The second-order valence-corrected chi connectivity index (χ2v) is 19.7. The molecule has 14 aromatic rings. The number of fused-ring (bicyclic) bond motifs is 2. The van der Waals surface area contributed by atoms with E-state index in [0.29, 0.717) is 17.2 Å². The van der Waals surface area contributed by atoms with Gasteiger partial charge in [0.05, 0.1) is 45.6 Å². The molecule has 0 saturated carbocycles. The van der Waals surface area contributed by atoms with Gasteiger partial charge >= 0.3 is 7.12 Å². The molecular formula is C68H46BBrN8O4. The molecule has 6 aromatic carbocycles. The van der Waals surface area contributed by atoms with Crippen molar-refractivity contribution in [1.29, 1.82) is 0 Å². The van der Waals surface area contributed by atoms with Gasteiger partial charge < -0.3 is 18.9 Å². The first-order chi connectivity index (χ1) is 40.3. The van der Waals surface area contributed by atoms with Gasteiger partial charge in [-0.1, -0.05) is 125 Å². The van der Waals surface area contributed by atoms with Crippen LogP contribution in [0.15, 0.2) is 281 Å². The van der Waals surface area contributed by atoms with E-state index in [1.807, 2.05) is 133 Å². The predicted molar refractivity (Wildman–Crippen MR) is 328 cm³/mol. The Kier molecular flexibility index (Phi) is 15.5. The molecule has 0 spiro atoms. The maximum Gasteiger partial charge on any atom is 0.488 e. The summed E-state index contributed by atoms with van der Waals surface area (Å²) < 4.78 is 12.6. The van der Waals surface area contributed by atoms with Crippen LogP contribution in [-0.2, 0) is 0 Å². The van der Waals surface area contributed by atoms with Crippen LogP contribution >= 0.6 is 15.9 Å². The lowest BCUT2D eigenvalue weighted by Gasteiger charge is -2.10. The van der Waals surface area contributed by atoms with Gasteiger partial charge in [-0.05, 0) is 172 Å². The van der Waals surface area contributed by atoms with E-state index in [4.69, 9.17) is 28.9 Å². The van der Waals surface area contributed by atoms with Crippen LogP contribution in [0.5, 0.6) is 0 Å². The molecule has 82 heavy (non-hydrogen) atoms. The molecule has 14 rings (SSSR count). The fourth-order valence-electron chi connectivity index (χ4n) is 9.07. The van der Waals surface area contributed by atoms with Gasteiger partial charge in [0.2, 0.25) is 11.8 Å². The lowest BCUT2D eigenvalue weighted by Crippen LogP contribution is -2.29. The van der Waals surface area contributed by atoms with Gasteiger partial charge in [0.1, 0.15) is 11.0 Å². The molecule has 2 N–H and O–H groups in total. The Bertz CT molecular complexity index is 4220. The summed E-state index contributed by atoms with van der Waals surface area (Å²) in [6.07, 6.45) is 7.14. The molecule has 0 aliphatic carbocycles. The van der Waals surface area contributed by atoms with Crippen molar-refractivity contribution in [3.63, 3.8) is 0 Å². The topological polar surface area (TPSA) is 170 Å². The van der Waals surface area contributed by atoms with Gasteiger partial charge in [-0.25, -0.2) is 19.9 Å². The summed E-state index contributed by atoms with van der Waals surface area (Å²) in [6.45, 7) is 0. The fourth-order valence-corrected chi connectivity index (χ4v) is 9.33. The second kappa shape index (κ2) is 24.3. The first-order valence-electron chi connectivity index (χ1n) is 26.2. The van der Waals surface area contributed by atoms with Gasteiger partial charge in [0, 0.05) is 40.4 Å². The van der Waals surface area contributed by atoms with Crippen molar-refractivity contribution < 1.29 is 18.9 Å². The van der Waals surface area contributed by atoms with Gasteiger partial charge in [0.25, 0.3) is 0 Å². The largest absolute Gasteiger partial charge is 0.488 e. The number of pyridine rings is 6. The molecule has 8 aromatic heterocycles. The van der Waals surface area contributed by atoms with Crippen LogP contribution in [0.3, 0.4) is 0 Å². The number of halogens is 1. The SMILES string of the molecule is Brc1ccc(-c2cc(-c3ccccn3)nc(-c3ccccn3)c2)cc1.OB(O)c1ccc(-c2nc3ccccc3o2)cc1.c1ccc(-c2cc(-c3ccc(-c4ccc(-c5nc6ccccc6o5)cc4)cc3)cc(-c3ccccn3)n2)nc1. The minimum absolute atomic E-state index is 0.440. The first kappa shape index (κ1) is 52.3. The van der Waals surface area contributed by atoms with Crippen molar-refractivity contribution in [2.45, 2.75) is 0 Å². The summed E-state index contributed by atoms with van der Waals surface area (Å²) in [6, 6.07) is 78.9. The normalized spacial score (nSPS) is 10.9. The van der Waals surface area contributed by atoms with Gasteiger partial charge in [0.15, 0.2) is 11.2 Å². The zero-order valence-electron chi connectivity index (χ0n) is 43.6. The smallest absolute Gasteiger partial charge is 0.436 e. The molecule has 0 saturated heterocycles. The van der Waals surface area contributed by atoms with Crippen LogP contribution in [-0.4, -0.2) is 57.0 Å². The Hall–Kier alpha value is -10.4. The highest BCUT2D eigenvalue weighted by Crippen LogP contribution is 2.34. The monoisotopic (exact) mass is 1130 g/mol. The molecule has 0 aliphatic rings. The molecule has 0 aliphatic heterocycles. The molecule has 0 unspecified atom stereocenters. The fraction of sp³-hybridized carbons (Fsp3) is 0. The van der Waals surface area contributed by atoms with Crippen molar-refractivity contribution in [2.24, 2.45) is 0 Å². The third-order valence-electron chi connectivity index (χ3n) is 13.3. The summed E-state index contributed by atoms with van der Waals surface area (Å²) in [5, 5.41) is 18.0. The molecule has 0 bridgehead atoms. The number of oxazole rings is 2.